The highest BCUT2D eigenvalue weighted by Crippen LogP contribution is 2.23. The number of pyridine rings is 1. The summed E-state index contributed by atoms with van der Waals surface area (Å²) in [5.74, 6) is 0.667. The maximum absolute atomic E-state index is 12.3. The van der Waals surface area contributed by atoms with Gasteiger partial charge in [-0.25, -0.2) is 4.98 Å². The highest BCUT2D eigenvalue weighted by atomic mass is 32.2. The maximum Gasteiger partial charge on any atom is 0.233 e. The Bertz CT molecular complexity index is 619. The van der Waals surface area contributed by atoms with Crippen LogP contribution in [0.25, 0.3) is 5.52 Å². The van der Waals surface area contributed by atoms with Gasteiger partial charge in [-0.15, -0.1) is 0 Å². The molecule has 0 saturated heterocycles. The first kappa shape index (κ1) is 14.4. The van der Waals surface area contributed by atoms with E-state index in [2.05, 4.69) is 4.98 Å². The Labute approximate surface area is 129 Å². The summed E-state index contributed by atoms with van der Waals surface area (Å²) in [6.07, 6.45) is 9.95. The first-order chi connectivity index (χ1) is 10.3. The Kier molecular flexibility index (Phi) is 4.48. The Morgan fingerprint density at radius 2 is 2.19 bits per heavy atom. The zero-order valence-corrected chi connectivity index (χ0v) is 13.2. The number of carbonyl (C=O) groups excluding carboxylic acids is 1. The van der Waals surface area contributed by atoms with Crippen molar-refractivity contribution in [1.29, 1.82) is 0 Å². The van der Waals surface area contributed by atoms with Crippen LogP contribution in [0.5, 0.6) is 0 Å². The Morgan fingerprint density at radius 3 is 3.00 bits per heavy atom. The molecule has 3 rings (SSSR count). The van der Waals surface area contributed by atoms with Gasteiger partial charge in [0.2, 0.25) is 5.91 Å². The van der Waals surface area contributed by atoms with Gasteiger partial charge in [0.25, 0.3) is 0 Å². The van der Waals surface area contributed by atoms with Crippen molar-refractivity contribution in [2.45, 2.75) is 43.3 Å². The number of carbonyl (C=O) groups is 1. The molecule has 0 radical (unpaired) electrons. The van der Waals surface area contributed by atoms with E-state index in [-0.39, 0.29) is 5.91 Å². The fourth-order valence-corrected chi connectivity index (χ4v) is 3.81. The molecule has 4 nitrogen and oxygen atoms in total. The summed E-state index contributed by atoms with van der Waals surface area (Å²) >= 11 is 1.52. The first-order valence-electron chi connectivity index (χ1n) is 7.56. The van der Waals surface area contributed by atoms with Gasteiger partial charge in [0.1, 0.15) is 0 Å². The van der Waals surface area contributed by atoms with Crippen LogP contribution in [0.15, 0.2) is 35.7 Å². The van der Waals surface area contributed by atoms with Gasteiger partial charge in [0.05, 0.1) is 17.5 Å². The summed E-state index contributed by atoms with van der Waals surface area (Å²) in [5.41, 5.74) is 1.06. The average molecular weight is 303 g/mol. The maximum atomic E-state index is 12.3. The molecule has 1 saturated carbocycles. The van der Waals surface area contributed by atoms with Crippen molar-refractivity contribution in [3.63, 3.8) is 0 Å². The number of rotatable bonds is 4. The molecule has 2 aromatic heterocycles. The van der Waals surface area contributed by atoms with E-state index in [1.165, 1.54) is 31.0 Å². The van der Waals surface area contributed by atoms with Crippen LogP contribution in [-0.4, -0.2) is 39.0 Å². The molecule has 0 N–H and O–H groups in total. The second kappa shape index (κ2) is 6.52. The van der Waals surface area contributed by atoms with Gasteiger partial charge < -0.3 is 4.90 Å². The number of aromatic nitrogens is 2. The van der Waals surface area contributed by atoms with Crippen LogP contribution < -0.4 is 0 Å². The van der Waals surface area contributed by atoms with Crippen LogP contribution in [0.1, 0.15) is 32.1 Å². The molecule has 0 aliphatic heterocycles. The number of fused-ring (bicyclic) bond motifs is 1. The van der Waals surface area contributed by atoms with Gasteiger partial charge in [-0.3, -0.25) is 9.20 Å². The lowest BCUT2D eigenvalue weighted by atomic mass is 9.94. The van der Waals surface area contributed by atoms with E-state index >= 15 is 0 Å². The molecule has 112 valence electrons. The van der Waals surface area contributed by atoms with Crippen molar-refractivity contribution in [1.82, 2.24) is 14.3 Å². The minimum atomic E-state index is 0.208. The van der Waals surface area contributed by atoms with Crippen molar-refractivity contribution < 1.29 is 4.79 Å². The van der Waals surface area contributed by atoms with Gasteiger partial charge in [-0.2, -0.15) is 0 Å². The topological polar surface area (TPSA) is 37.6 Å². The molecule has 1 amide bonds. The molecule has 5 heteroatoms. The molecule has 21 heavy (non-hydrogen) atoms. The number of amides is 1. The largest absolute Gasteiger partial charge is 0.342 e. The lowest BCUT2D eigenvalue weighted by Gasteiger charge is -2.31. The van der Waals surface area contributed by atoms with Crippen molar-refractivity contribution >= 4 is 23.2 Å². The lowest BCUT2D eigenvalue weighted by molar-refractivity contribution is -0.129. The van der Waals surface area contributed by atoms with E-state index in [4.69, 9.17) is 0 Å². The zero-order chi connectivity index (χ0) is 14.7. The highest BCUT2D eigenvalue weighted by Gasteiger charge is 2.22. The van der Waals surface area contributed by atoms with Crippen molar-refractivity contribution in [2.24, 2.45) is 0 Å². The standard InChI is InChI=1S/C16H21N3OS/c1-18(13-7-3-2-4-8-13)15(20)12-21-16-17-11-14-9-5-6-10-19(14)16/h5-6,9-11,13H,2-4,7-8,12H2,1H3. The van der Waals surface area contributed by atoms with Crippen molar-refractivity contribution in [2.75, 3.05) is 12.8 Å². The lowest BCUT2D eigenvalue weighted by Crippen LogP contribution is -2.39. The molecule has 1 fully saturated rings. The summed E-state index contributed by atoms with van der Waals surface area (Å²) < 4.78 is 2.03. The summed E-state index contributed by atoms with van der Waals surface area (Å²) in [7, 11) is 1.95. The van der Waals surface area contributed by atoms with Crippen molar-refractivity contribution in [3.8, 4) is 0 Å². The molecular formula is C16H21N3OS. The second-order valence-corrected chi connectivity index (χ2v) is 6.56. The second-order valence-electron chi connectivity index (χ2n) is 5.62. The molecule has 0 bridgehead atoms. The third-order valence-corrected chi connectivity index (χ3v) is 5.20. The highest BCUT2D eigenvalue weighted by molar-refractivity contribution is 7.99. The van der Waals surface area contributed by atoms with Gasteiger partial charge in [0, 0.05) is 19.3 Å². The number of imidazole rings is 1. The number of hydrogen-bond acceptors (Lipinski definition) is 3. The minimum absolute atomic E-state index is 0.208. The van der Waals surface area contributed by atoms with Crippen LogP contribution in [0.2, 0.25) is 0 Å². The van der Waals surface area contributed by atoms with Crippen LogP contribution >= 0.6 is 11.8 Å². The molecule has 0 aromatic carbocycles. The molecule has 0 unspecified atom stereocenters. The number of thioether (sulfide) groups is 1. The van der Waals surface area contributed by atoms with E-state index in [1.807, 2.05) is 46.9 Å². The summed E-state index contributed by atoms with van der Waals surface area (Å²) in [6.45, 7) is 0. The molecule has 1 aliphatic carbocycles. The van der Waals surface area contributed by atoms with E-state index in [1.54, 1.807) is 0 Å². The SMILES string of the molecule is CN(C(=O)CSc1ncc2ccccn12)C1CCCCC1. The third kappa shape index (κ3) is 3.23. The normalized spacial score (nSPS) is 16.2. The Morgan fingerprint density at radius 1 is 1.38 bits per heavy atom. The fourth-order valence-electron chi connectivity index (χ4n) is 2.93. The van der Waals surface area contributed by atoms with Gasteiger partial charge >= 0.3 is 0 Å². The number of nitrogens with zero attached hydrogens (tertiary/aromatic N) is 3. The predicted molar refractivity (Wildman–Crippen MR) is 85.6 cm³/mol. The van der Waals surface area contributed by atoms with Crippen LogP contribution in [0.4, 0.5) is 0 Å². The van der Waals surface area contributed by atoms with E-state index in [9.17, 15) is 4.79 Å². The smallest absolute Gasteiger partial charge is 0.233 e. The van der Waals surface area contributed by atoms with Gasteiger partial charge in [-0.1, -0.05) is 37.1 Å². The van der Waals surface area contributed by atoms with E-state index < -0.39 is 0 Å². The quantitative estimate of drug-likeness (QED) is 0.814. The molecule has 0 spiro atoms. The van der Waals surface area contributed by atoms with Crippen LogP contribution in [-0.2, 0) is 4.79 Å². The van der Waals surface area contributed by atoms with E-state index in [0.29, 0.717) is 11.8 Å². The summed E-state index contributed by atoms with van der Waals surface area (Å²) in [4.78, 5) is 18.7. The molecule has 2 aromatic rings. The summed E-state index contributed by atoms with van der Waals surface area (Å²) in [5, 5.41) is 0.885. The fraction of sp³-hybridized carbons (Fsp3) is 0.500. The third-order valence-electron chi connectivity index (χ3n) is 4.25. The Balaban J connectivity index is 1.60. The van der Waals surface area contributed by atoms with Crippen LogP contribution in [0.3, 0.4) is 0 Å². The molecule has 1 aliphatic rings. The summed E-state index contributed by atoms with van der Waals surface area (Å²) in [6, 6.07) is 6.43. The Hall–Kier alpha value is -1.49. The average Bonchev–Trinajstić information content (AvgIpc) is 2.96. The van der Waals surface area contributed by atoms with Gasteiger partial charge in [0.15, 0.2) is 5.16 Å². The molecule has 2 heterocycles. The number of hydrogen-bond donors (Lipinski definition) is 0. The zero-order valence-electron chi connectivity index (χ0n) is 12.4. The van der Waals surface area contributed by atoms with E-state index in [0.717, 1.165) is 23.5 Å². The molecular weight excluding hydrogens is 282 g/mol. The molecule has 0 atom stereocenters. The minimum Gasteiger partial charge on any atom is -0.342 e. The first-order valence-corrected chi connectivity index (χ1v) is 8.55. The van der Waals surface area contributed by atoms with Crippen molar-refractivity contribution in [3.05, 3.63) is 30.6 Å². The van der Waals surface area contributed by atoms with Crippen LogP contribution in [0, 0.1) is 0 Å². The van der Waals surface area contributed by atoms with Gasteiger partial charge in [-0.05, 0) is 25.0 Å². The monoisotopic (exact) mass is 303 g/mol. The predicted octanol–water partition coefficient (Wildman–Crippen LogP) is 3.22.